The van der Waals surface area contributed by atoms with Crippen LogP contribution in [0, 0.1) is 0 Å². The van der Waals surface area contributed by atoms with Gasteiger partial charge in [-0.25, -0.2) is 0 Å². The second kappa shape index (κ2) is 21.3. The fourth-order valence-electron chi connectivity index (χ4n) is 1.15. The van der Waals surface area contributed by atoms with Gasteiger partial charge in [0.15, 0.2) is 0 Å². The second-order valence-electron chi connectivity index (χ2n) is 4.86. The zero-order chi connectivity index (χ0) is 19.4. The molecule has 24 heavy (non-hydrogen) atoms. The molecule has 144 valence electrons. The Morgan fingerprint density at radius 3 is 1.33 bits per heavy atom. The summed E-state index contributed by atoms with van der Waals surface area (Å²) in [5, 5.41) is 48.1. The third-order valence-corrected chi connectivity index (χ3v) is 2.47. The van der Waals surface area contributed by atoms with Crippen LogP contribution in [0.15, 0.2) is 0 Å². The minimum atomic E-state index is -1.08. The van der Waals surface area contributed by atoms with Gasteiger partial charge in [0, 0.05) is 6.42 Å². The van der Waals surface area contributed by atoms with E-state index in [-0.39, 0.29) is 26.1 Å². The molecule has 0 fully saturated rings. The zero-order valence-electron chi connectivity index (χ0n) is 14.1. The number of carboxylic acids is 3. The molecule has 0 radical (unpaired) electrons. The number of carboxylic acid groups (broad SMARTS) is 3. The van der Waals surface area contributed by atoms with E-state index < -0.39 is 24.0 Å². The van der Waals surface area contributed by atoms with Crippen molar-refractivity contribution in [3.8, 4) is 0 Å². The van der Waals surface area contributed by atoms with Crippen LogP contribution < -0.4 is 0 Å². The maximum absolute atomic E-state index is 10.0. The molecular weight excluding hydrogens is 324 g/mol. The number of aliphatic hydroxyl groups excluding tert-OH is 3. The minimum Gasteiger partial charge on any atom is -0.481 e. The molecule has 9 heteroatoms. The van der Waals surface area contributed by atoms with Crippen LogP contribution >= 0.6 is 0 Å². The van der Waals surface area contributed by atoms with E-state index in [9.17, 15) is 14.4 Å². The highest BCUT2D eigenvalue weighted by atomic mass is 16.4. The summed E-state index contributed by atoms with van der Waals surface area (Å²) in [5.74, 6) is -2.82. The van der Waals surface area contributed by atoms with E-state index in [0.717, 1.165) is 12.8 Å². The molecule has 6 N–H and O–H groups in total. The third kappa shape index (κ3) is 37.0. The second-order valence-corrected chi connectivity index (χ2v) is 4.86. The average molecular weight is 354 g/mol. The van der Waals surface area contributed by atoms with Gasteiger partial charge in [0.2, 0.25) is 0 Å². The number of carbonyl (C=O) groups is 3. The van der Waals surface area contributed by atoms with Gasteiger partial charge < -0.3 is 30.6 Å². The SMILES string of the molecule is CCCCCCCC(=O)O.O=C(O)CCC(=O)O.OCC(O)CO. The number of rotatable bonds is 11. The largest absolute Gasteiger partial charge is 0.481 e. The number of hydrogen-bond donors (Lipinski definition) is 6. The quantitative estimate of drug-likeness (QED) is 0.292. The molecule has 0 aliphatic carbocycles. The molecule has 0 saturated carbocycles. The molecule has 0 atom stereocenters. The molecule has 0 aromatic rings. The van der Waals surface area contributed by atoms with Gasteiger partial charge in [-0.15, -0.1) is 0 Å². The van der Waals surface area contributed by atoms with Crippen LogP contribution in [0.4, 0.5) is 0 Å². The third-order valence-electron chi connectivity index (χ3n) is 2.47. The van der Waals surface area contributed by atoms with E-state index >= 15 is 0 Å². The van der Waals surface area contributed by atoms with Crippen LogP contribution in [-0.2, 0) is 14.4 Å². The van der Waals surface area contributed by atoms with Crippen molar-refractivity contribution < 1.29 is 45.0 Å². The topological polar surface area (TPSA) is 173 Å². The molecule has 0 aliphatic heterocycles. The van der Waals surface area contributed by atoms with E-state index in [0.29, 0.717) is 6.42 Å². The van der Waals surface area contributed by atoms with Crippen LogP contribution in [-0.4, -0.2) is 67.9 Å². The maximum atomic E-state index is 10.0. The summed E-state index contributed by atoms with van der Waals surface area (Å²) in [7, 11) is 0. The van der Waals surface area contributed by atoms with Gasteiger partial charge in [-0.2, -0.15) is 0 Å². The molecule has 0 aliphatic rings. The lowest BCUT2D eigenvalue weighted by Gasteiger charge is -1.96. The number of aliphatic hydroxyl groups is 3. The summed E-state index contributed by atoms with van der Waals surface area (Å²) in [6.07, 6.45) is 4.34. The number of aliphatic carboxylic acids is 3. The Hall–Kier alpha value is -1.71. The lowest BCUT2D eigenvalue weighted by atomic mass is 10.1. The standard InChI is InChI=1S/C8H16O2.C4H6O4.C3H8O3/c1-2-3-4-5-6-7-8(9)10;5-3(6)1-2-4(7)8;4-1-3(6)2-5/h2-7H2,1H3,(H,9,10);1-2H2,(H,5,6)(H,7,8);3-6H,1-2H2. The van der Waals surface area contributed by atoms with Gasteiger partial charge in [0.25, 0.3) is 0 Å². The Balaban J connectivity index is -0.000000285. The first kappa shape index (κ1) is 27.2. The number of unbranched alkanes of at least 4 members (excludes halogenated alkanes) is 4. The lowest BCUT2D eigenvalue weighted by molar-refractivity contribution is -0.143. The van der Waals surface area contributed by atoms with E-state index in [1.165, 1.54) is 19.3 Å². The first-order valence-corrected chi connectivity index (χ1v) is 7.76. The molecular formula is C15H30O9. The van der Waals surface area contributed by atoms with Gasteiger partial charge in [-0.3, -0.25) is 14.4 Å². The Kier molecular flexibility index (Phi) is 24.1. The molecule has 9 nitrogen and oxygen atoms in total. The molecule has 0 aromatic heterocycles. The monoisotopic (exact) mass is 354 g/mol. The summed E-state index contributed by atoms with van der Waals surface area (Å²) in [5.41, 5.74) is 0. The summed E-state index contributed by atoms with van der Waals surface area (Å²) >= 11 is 0. The minimum absolute atomic E-state index is 0.296. The van der Waals surface area contributed by atoms with Crippen LogP contribution in [0.3, 0.4) is 0 Å². The molecule has 0 saturated heterocycles. The van der Waals surface area contributed by atoms with Gasteiger partial charge in [0.05, 0.1) is 26.1 Å². The van der Waals surface area contributed by atoms with Crippen molar-refractivity contribution in [3.05, 3.63) is 0 Å². The fourth-order valence-corrected chi connectivity index (χ4v) is 1.15. The van der Waals surface area contributed by atoms with Crippen molar-refractivity contribution in [1.29, 1.82) is 0 Å². The highest BCUT2D eigenvalue weighted by Gasteiger charge is 2.00. The first-order valence-electron chi connectivity index (χ1n) is 7.76. The Morgan fingerprint density at radius 2 is 1.08 bits per heavy atom. The lowest BCUT2D eigenvalue weighted by Crippen LogP contribution is -2.15. The predicted octanol–water partition coefficient (Wildman–Crippen LogP) is 0.699. The highest BCUT2D eigenvalue weighted by Crippen LogP contribution is 2.04. The van der Waals surface area contributed by atoms with Gasteiger partial charge in [0.1, 0.15) is 6.10 Å². The average Bonchev–Trinajstić information content (AvgIpc) is 2.53. The Labute approximate surface area is 141 Å². The molecule has 0 unspecified atom stereocenters. The zero-order valence-corrected chi connectivity index (χ0v) is 14.1. The summed E-state index contributed by atoms with van der Waals surface area (Å²) in [6, 6.07) is 0. The maximum Gasteiger partial charge on any atom is 0.303 e. The van der Waals surface area contributed by atoms with Crippen molar-refractivity contribution in [2.75, 3.05) is 13.2 Å². The smallest absolute Gasteiger partial charge is 0.303 e. The van der Waals surface area contributed by atoms with Gasteiger partial charge in [-0.1, -0.05) is 32.6 Å². The van der Waals surface area contributed by atoms with Crippen LogP contribution in [0.25, 0.3) is 0 Å². The predicted molar refractivity (Wildman–Crippen MR) is 85.7 cm³/mol. The molecule has 0 rings (SSSR count). The van der Waals surface area contributed by atoms with Crippen molar-refractivity contribution >= 4 is 17.9 Å². The first-order chi connectivity index (χ1) is 11.2. The van der Waals surface area contributed by atoms with E-state index in [1.807, 2.05) is 0 Å². The molecule has 0 amide bonds. The molecule has 0 spiro atoms. The molecule has 0 aromatic carbocycles. The summed E-state index contributed by atoms with van der Waals surface area (Å²) < 4.78 is 0. The highest BCUT2D eigenvalue weighted by molar-refractivity contribution is 5.75. The van der Waals surface area contributed by atoms with E-state index in [2.05, 4.69) is 6.92 Å². The van der Waals surface area contributed by atoms with Crippen molar-refractivity contribution in [3.63, 3.8) is 0 Å². The van der Waals surface area contributed by atoms with Crippen LogP contribution in [0.5, 0.6) is 0 Å². The summed E-state index contributed by atoms with van der Waals surface area (Å²) in [4.78, 5) is 29.3. The fraction of sp³-hybridized carbons (Fsp3) is 0.800. The van der Waals surface area contributed by atoms with Crippen molar-refractivity contribution in [2.24, 2.45) is 0 Å². The normalized spacial score (nSPS) is 9.38. The summed E-state index contributed by atoms with van der Waals surface area (Å²) in [6.45, 7) is 1.42. The Bertz CT molecular complexity index is 300. The van der Waals surface area contributed by atoms with Crippen LogP contribution in [0.2, 0.25) is 0 Å². The molecule has 0 heterocycles. The van der Waals surface area contributed by atoms with Crippen molar-refractivity contribution in [1.82, 2.24) is 0 Å². The van der Waals surface area contributed by atoms with Gasteiger partial charge in [-0.05, 0) is 6.42 Å². The number of hydrogen-bond acceptors (Lipinski definition) is 6. The molecule has 0 bridgehead atoms. The van der Waals surface area contributed by atoms with E-state index in [4.69, 9.17) is 30.6 Å². The van der Waals surface area contributed by atoms with Gasteiger partial charge >= 0.3 is 17.9 Å². The Morgan fingerprint density at radius 1 is 0.708 bits per heavy atom. The van der Waals surface area contributed by atoms with Crippen molar-refractivity contribution in [2.45, 2.75) is 64.4 Å². The van der Waals surface area contributed by atoms with Crippen LogP contribution in [0.1, 0.15) is 58.3 Å². The van der Waals surface area contributed by atoms with E-state index in [1.54, 1.807) is 0 Å².